The average molecular weight is 296 g/mol. The third kappa shape index (κ3) is 3.56. The van der Waals surface area contributed by atoms with Crippen LogP contribution < -0.4 is 5.32 Å². The second-order valence-corrected chi connectivity index (χ2v) is 6.33. The van der Waals surface area contributed by atoms with E-state index in [1.54, 1.807) is 0 Å². The molecule has 1 aromatic rings. The molecule has 1 atom stereocenters. The van der Waals surface area contributed by atoms with E-state index in [0.29, 0.717) is 12.0 Å². The molecule has 0 aliphatic heterocycles. The smallest absolute Gasteiger partial charge is 0.0175 e. The first-order valence-corrected chi connectivity index (χ1v) is 7.45. The topological polar surface area (TPSA) is 12.0 Å². The molecule has 1 aromatic carbocycles. The van der Waals surface area contributed by atoms with Crippen LogP contribution in [-0.2, 0) is 0 Å². The van der Waals surface area contributed by atoms with Gasteiger partial charge in [-0.2, -0.15) is 0 Å². The van der Waals surface area contributed by atoms with Crippen molar-refractivity contribution in [2.24, 2.45) is 5.92 Å². The third-order valence-electron chi connectivity index (χ3n) is 3.76. The Morgan fingerprint density at radius 2 is 1.88 bits per heavy atom. The van der Waals surface area contributed by atoms with Gasteiger partial charge in [0.2, 0.25) is 0 Å². The molecular formula is C15H22BrN. The zero-order chi connectivity index (χ0) is 12.3. The highest BCUT2D eigenvalue weighted by atomic mass is 79.9. The van der Waals surface area contributed by atoms with Crippen molar-refractivity contribution in [2.45, 2.75) is 45.1 Å². The summed E-state index contributed by atoms with van der Waals surface area (Å²) in [5, 5.41) is 3.60. The van der Waals surface area contributed by atoms with Crippen LogP contribution in [0.2, 0.25) is 0 Å². The van der Waals surface area contributed by atoms with E-state index in [0.717, 1.165) is 12.5 Å². The molecule has 94 valence electrons. The maximum atomic E-state index is 3.60. The first-order chi connectivity index (χ1) is 8.16. The molecule has 2 heteroatoms. The van der Waals surface area contributed by atoms with Crippen molar-refractivity contribution in [3.8, 4) is 0 Å². The van der Waals surface area contributed by atoms with Crippen LogP contribution in [0.5, 0.6) is 0 Å². The molecule has 0 bridgehead atoms. The van der Waals surface area contributed by atoms with Crippen molar-refractivity contribution >= 4 is 15.9 Å². The second kappa shape index (κ2) is 6.01. The molecule has 1 saturated carbocycles. The molecule has 0 amide bonds. The minimum absolute atomic E-state index is 0.577. The molecule has 1 aliphatic rings. The van der Waals surface area contributed by atoms with Gasteiger partial charge in [0.25, 0.3) is 0 Å². The summed E-state index contributed by atoms with van der Waals surface area (Å²) in [7, 11) is 0. The van der Waals surface area contributed by atoms with E-state index in [4.69, 9.17) is 0 Å². The summed E-state index contributed by atoms with van der Waals surface area (Å²) in [6, 6.07) is 9.45. The molecule has 1 N–H and O–H groups in total. The van der Waals surface area contributed by atoms with Gasteiger partial charge in [-0.05, 0) is 42.4 Å². The lowest BCUT2D eigenvalue weighted by Gasteiger charge is -2.35. The minimum Gasteiger partial charge on any atom is -0.314 e. The van der Waals surface area contributed by atoms with Gasteiger partial charge in [-0.15, -0.1) is 0 Å². The van der Waals surface area contributed by atoms with Crippen molar-refractivity contribution in [1.82, 2.24) is 5.32 Å². The van der Waals surface area contributed by atoms with Gasteiger partial charge in [-0.1, -0.05) is 48.3 Å². The van der Waals surface area contributed by atoms with E-state index in [1.165, 1.54) is 29.3 Å². The van der Waals surface area contributed by atoms with Crippen LogP contribution in [0.4, 0.5) is 0 Å². The van der Waals surface area contributed by atoms with Crippen molar-refractivity contribution in [3.63, 3.8) is 0 Å². The van der Waals surface area contributed by atoms with Gasteiger partial charge in [-0.3, -0.25) is 0 Å². The highest BCUT2D eigenvalue weighted by molar-refractivity contribution is 9.10. The average Bonchev–Trinajstić information content (AvgIpc) is 2.22. The van der Waals surface area contributed by atoms with Crippen molar-refractivity contribution in [2.75, 3.05) is 6.54 Å². The predicted octanol–water partition coefficient (Wildman–Crippen LogP) is 4.33. The first-order valence-electron chi connectivity index (χ1n) is 6.65. The molecule has 1 nitrogen and oxygen atoms in total. The molecule has 0 aromatic heterocycles. The van der Waals surface area contributed by atoms with Crippen molar-refractivity contribution in [3.05, 3.63) is 34.3 Å². The quantitative estimate of drug-likeness (QED) is 0.852. The van der Waals surface area contributed by atoms with Crippen LogP contribution in [0.3, 0.4) is 0 Å². The summed E-state index contributed by atoms with van der Waals surface area (Å²) in [5.74, 6) is 1.58. The van der Waals surface area contributed by atoms with Gasteiger partial charge in [0, 0.05) is 17.1 Å². The lowest BCUT2D eigenvalue weighted by Crippen LogP contribution is -2.33. The predicted molar refractivity (Wildman–Crippen MR) is 77.4 cm³/mol. The van der Waals surface area contributed by atoms with Crippen LogP contribution in [-0.4, -0.2) is 12.6 Å². The number of benzene rings is 1. The fourth-order valence-corrected chi connectivity index (χ4v) is 2.74. The molecule has 0 saturated heterocycles. The summed E-state index contributed by atoms with van der Waals surface area (Å²) in [6.07, 6.45) is 4.22. The largest absolute Gasteiger partial charge is 0.314 e. The van der Waals surface area contributed by atoms with Gasteiger partial charge in [0.15, 0.2) is 0 Å². The van der Waals surface area contributed by atoms with E-state index in [9.17, 15) is 0 Å². The zero-order valence-electron chi connectivity index (χ0n) is 10.7. The molecule has 17 heavy (non-hydrogen) atoms. The normalized spacial score (nSPS) is 18.1. The van der Waals surface area contributed by atoms with Crippen LogP contribution >= 0.6 is 15.9 Å². The molecule has 1 aliphatic carbocycles. The van der Waals surface area contributed by atoms with Crippen LogP contribution in [0.15, 0.2) is 28.7 Å². The first kappa shape index (κ1) is 13.1. The maximum absolute atomic E-state index is 3.60. The van der Waals surface area contributed by atoms with Crippen molar-refractivity contribution in [1.29, 1.82) is 0 Å². The van der Waals surface area contributed by atoms with Gasteiger partial charge >= 0.3 is 0 Å². The van der Waals surface area contributed by atoms with Gasteiger partial charge < -0.3 is 5.32 Å². The second-order valence-electron chi connectivity index (χ2n) is 5.41. The highest BCUT2D eigenvalue weighted by Crippen LogP contribution is 2.39. The van der Waals surface area contributed by atoms with E-state index in [1.807, 2.05) is 0 Å². The highest BCUT2D eigenvalue weighted by Gasteiger charge is 2.28. The van der Waals surface area contributed by atoms with E-state index >= 15 is 0 Å². The molecule has 0 heterocycles. The fraction of sp³-hybridized carbons (Fsp3) is 0.600. The zero-order valence-corrected chi connectivity index (χ0v) is 12.3. The van der Waals surface area contributed by atoms with Crippen LogP contribution in [0, 0.1) is 5.92 Å². The fourth-order valence-electron chi connectivity index (χ4n) is 2.47. The molecule has 1 fully saturated rings. The lowest BCUT2D eigenvalue weighted by molar-refractivity contribution is 0.252. The van der Waals surface area contributed by atoms with Crippen LogP contribution in [0.25, 0.3) is 0 Å². The van der Waals surface area contributed by atoms with Gasteiger partial charge in [0.1, 0.15) is 0 Å². The van der Waals surface area contributed by atoms with E-state index < -0.39 is 0 Å². The van der Waals surface area contributed by atoms with Gasteiger partial charge in [-0.25, -0.2) is 0 Å². The monoisotopic (exact) mass is 295 g/mol. The number of hydrogen-bond acceptors (Lipinski definition) is 1. The van der Waals surface area contributed by atoms with Gasteiger partial charge in [0.05, 0.1) is 0 Å². The Kier molecular flexibility index (Phi) is 4.63. The third-order valence-corrected chi connectivity index (χ3v) is 4.29. The Hall–Kier alpha value is -0.340. The number of hydrogen-bond donors (Lipinski definition) is 1. The maximum Gasteiger partial charge on any atom is 0.0175 e. The molecular weight excluding hydrogens is 274 g/mol. The Balaban J connectivity index is 2.05. The number of rotatable bonds is 5. The molecule has 2 rings (SSSR count). The molecule has 0 spiro atoms. The summed E-state index contributed by atoms with van der Waals surface area (Å²) in [4.78, 5) is 0. The van der Waals surface area contributed by atoms with Crippen molar-refractivity contribution < 1.29 is 0 Å². The molecule has 0 radical (unpaired) electrons. The Bertz CT molecular complexity index is 340. The standard InChI is InChI=1S/C15H22BrN/c1-11(2)17-10-15(12-4-3-5-12)13-6-8-14(16)9-7-13/h6-9,11-12,15,17H,3-5,10H2,1-2H3. The Morgan fingerprint density at radius 1 is 1.24 bits per heavy atom. The van der Waals surface area contributed by atoms with Crippen LogP contribution in [0.1, 0.15) is 44.6 Å². The lowest BCUT2D eigenvalue weighted by atomic mass is 9.73. The summed E-state index contributed by atoms with van der Waals surface area (Å²) in [6.45, 7) is 5.56. The SMILES string of the molecule is CC(C)NCC(c1ccc(Br)cc1)C1CCC1. The summed E-state index contributed by atoms with van der Waals surface area (Å²) >= 11 is 3.51. The Labute approximate surface area is 113 Å². The Morgan fingerprint density at radius 3 is 2.35 bits per heavy atom. The molecule has 1 unspecified atom stereocenters. The number of nitrogens with one attached hydrogen (secondary N) is 1. The number of halogens is 1. The summed E-state index contributed by atoms with van der Waals surface area (Å²) in [5.41, 5.74) is 1.49. The van der Waals surface area contributed by atoms with E-state index in [2.05, 4.69) is 59.4 Å². The summed E-state index contributed by atoms with van der Waals surface area (Å²) < 4.78 is 1.17. The van der Waals surface area contributed by atoms with E-state index in [-0.39, 0.29) is 0 Å². The minimum atomic E-state index is 0.577.